The predicted molar refractivity (Wildman–Crippen MR) is 102 cm³/mol. The molecule has 0 bridgehead atoms. The second-order valence-corrected chi connectivity index (χ2v) is 6.73. The Morgan fingerprint density at radius 2 is 1.69 bits per heavy atom. The van der Waals surface area contributed by atoms with Gasteiger partial charge in [0.05, 0.1) is 0 Å². The second kappa shape index (κ2) is 8.16. The molecule has 0 saturated heterocycles. The minimum Gasteiger partial charge on any atom is -0.352 e. The topological polar surface area (TPSA) is 75.6 Å². The molecule has 0 aliphatic rings. The van der Waals surface area contributed by atoms with Gasteiger partial charge in [-0.1, -0.05) is 17.7 Å². The lowest BCUT2D eigenvalue weighted by atomic mass is 10.3. The first-order valence-electron chi connectivity index (χ1n) is 8.40. The predicted octanol–water partition coefficient (Wildman–Crippen LogP) is 5.31. The number of rotatable bonds is 5. The standard InChI is InChI=1S/C18H15ClF4N6/c1-9(2)24-16-27-15(13-4-3-5-14(26-13)18(21,22)23)28-17(29-16)25-12-7-10(19)6-11(20)8-12/h3-9H,1-2H3,(H2,24,25,27,28,29). The molecule has 29 heavy (non-hydrogen) atoms. The number of pyridine rings is 1. The van der Waals surface area contributed by atoms with Gasteiger partial charge in [-0.15, -0.1) is 0 Å². The number of alkyl halides is 3. The molecule has 0 saturated carbocycles. The van der Waals surface area contributed by atoms with E-state index in [1.54, 1.807) is 0 Å². The fraction of sp³-hybridized carbons (Fsp3) is 0.222. The van der Waals surface area contributed by atoms with Crippen LogP contribution in [0.25, 0.3) is 11.5 Å². The zero-order chi connectivity index (χ0) is 21.2. The molecular weight excluding hydrogens is 412 g/mol. The summed E-state index contributed by atoms with van der Waals surface area (Å²) in [5, 5.41) is 5.89. The van der Waals surface area contributed by atoms with Crippen LogP contribution < -0.4 is 10.6 Å². The molecular formula is C18H15ClF4N6. The highest BCUT2D eigenvalue weighted by molar-refractivity contribution is 6.30. The van der Waals surface area contributed by atoms with Crippen molar-refractivity contribution in [3.05, 3.63) is 52.9 Å². The molecule has 3 aromatic rings. The number of hydrogen-bond donors (Lipinski definition) is 2. The summed E-state index contributed by atoms with van der Waals surface area (Å²) in [7, 11) is 0. The second-order valence-electron chi connectivity index (χ2n) is 6.29. The third kappa shape index (κ3) is 5.50. The summed E-state index contributed by atoms with van der Waals surface area (Å²) in [6.45, 7) is 3.68. The Morgan fingerprint density at radius 3 is 2.34 bits per heavy atom. The molecule has 0 radical (unpaired) electrons. The van der Waals surface area contributed by atoms with Crippen molar-refractivity contribution >= 4 is 29.2 Å². The zero-order valence-electron chi connectivity index (χ0n) is 15.2. The van der Waals surface area contributed by atoms with Crippen molar-refractivity contribution in [2.45, 2.75) is 26.1 Å². The summed E-state index contributed by atoms with van der Waals surface area (Å²) in [6, 6.07) is 7.11. The molecule has 0 spiro atoms. The Labute approximate surface area is 168 Å². The van der Waals surface area contributed by atoms with Gasteiger partial charge >= 0.3 is 6.18 Å². The average Bonchev–Trinajstić information content (AvgIpc) is 2.59. The number of aromatic nitrogens is 4. The summed E-state index contributed by atoms with van der Waals surface area (Å²) in [5.41, 5.74) is -0.894. The molecule has 3 rings (SSSR count). The van der Waals surface area contributed by atoms with Crippen LogP contribution in [-0.2, 0) is 6.18 Å². The fourth-order valence-corrected chi connectivity index (χ4v) is 2.56. The molecule has 2 heterocycles. The number of anilines is 3. The van der Waals surface area contributed by atoms with Crippen LogP contribution in [0.1, 0.15) is 19.5 Å². The molecule has 2 N–H and O–H groups in total. The van der Waals surface area contributed by atoms with Crippen LogP contribution in [0, 0.1) is 5.82 Å². The number of halogens is 5. The molecule has 11 heteroatoms. The largest absolute Gasteiger partial charge is 0.433 e. The maximum Gasteiger partial charge on any atom is 0.433 e. The van der Waals surface area contributed by atoms with E-state index in [1.807, 2.05) is 13.8 Å². The number of nitrogens with one attached hydrogen (secondary N) is 2. The molecule has 0 fully saturated rings. The Balaban J connectivity index is 2.04. The van der Waals surface area contributed by atoms with Gasteiger partial charge in [0.25, 0.3) is 0 Å². The highest BCUT2D eigenvalue weighted by atomic mass is 35.5. The Hall–Kier alpha value is -3.01. The van der Waals surface area contributed by atoms with Crippen molar-refractivity contribution in [3.63, 3.8) is 0 Å². The fourth-order valence-electron chi connectivity index (χ4n) is 2.34. The van der Waals surface area contributed by atoms with E-state index in [1.165, 1.54) is 24.3 Å². The summed E-state index contributed by atoms with van der Waals surface area (Å²) >= 11 is 5.84. The van der Waals surface area contributed by atoms with Gasteiger partial charge in [-0.3, -0.25) is 0 Å². The third-order valence-corrected chi connectivity index (χ3v) is 3.66. The van der Waals surface area contributed by atoms with E-state index in [4.69, 9.17) is 11.6 Å². The van der Waals surface area contributed by atoms with Crippen LogP contribution in [0.4, 0.5) is 35.1 Å². The molecule has 2 aromatic heterocycles. The lowest BCUT2D eigenvalue weighted by Gasteiger charge is -2.13. The van der Waals surface area contributed by atoms with Gasteiger partial charge in [0.1, 0.15) is 17.2 Å². The third-order valence-electron chi connectivity index (χ3n) is 3.44. The normalized spacial score (nSPS) is 11.6. The van der Waals surface area contributed by atoms with Gasteiger partial charge in [-0.25, -0.2) is 9.37 Å². The minimum absolute atomic E-state index is 0.0148. The van der Waals surface area contributed by atoms with Gasteiger partial charge in [0.15, 0.2) is 5.82 Å². The lowest BCUT2D eigenvalue weighted by molar-refractivity contribution is -0.141. The highest BCUT2D eigenvalue weighted by Gasteiger charge is 2.32. The Morgan fingerprint density at radius 1 is 0.966 bits per heavy atom. The maximum absolute atomic E-state index is 13.6. The van der Waals surface area contributed by atoms with E-state index >= 15 is 0 Å². The highest BCUT2D eigenvalue weighted by Crippen LogP contribution is 2.29. The van der Waals surface area contributed by atoms with Crippen molar-refractivity contribution in [1.29, 1.82) is 0 Å². The molecule has 0 amide bonds. The van der Waals surface area contributed by atoms with Gasteiger partial charge in [0.2, 0.25) is 11.9 Å². The average molecular weight is 427 g/mol. The van der Waals surface area contributed by atoms with Crippen LogP contribution in [0.2, 0.25) is 5.02 Å². The summed E-state index contributed by atoms with van der Waals surface area (Å²) in [5.74, 6) is -0.554. The lowest BCUT2D eigenvalue weighted by Crippen LogP contribution is -2.15. The molecule has 6 nitrogen and oxygen atoms in total. The van der Waals surface area contributed by atoms with E-state index < -0.39 is 17.7 Å². The number of nitrogens with zero attached hydrogens (tertiary/aromatic N) is 4. The maximum atomic E-state index is 13.6. The van der Waals surface area contributed by atoms with Crippen LogP contribution in [0.5, 0.6) is 0 Å². The quantitative estimate of drug-likeness (QED) is 0.538. The first kappa shape index (κ1) is 20.7. The molecule has 0 aliphatic carbocycles. The molecule has 1 aromatic carbocycles. The van der Waals surface area contributed by atoms with Gasteiger partial charge in [-0.05, 0) is 44.2 Å². The summed E-state index contributed by atoms with van der Waals surface area (Å²) in [4.78, 5) is 16.0. The monoisotopic (exact) mass is 426 g/mol. The van der Waals surface area contributed by atoms with Crippen molar-refractivity contribution in [2.24, 2.45) is 0 Å². The zero-order valence-corrected chi connectivity index (χ0v) is 16.0. The van der Waals surface area contributed by atoms with E-state index in [2.05, 4.69) is 30.6 Å². The number of hydrogen-bond acceptors (Lipinski definition) is 6. The molecule has 0 unspecified atom stereocenters. The summed E-state index contributed by atoms with van der Waals surface area (Å²) in [6.07, 6.45) is -4.61. The van der Waals surface area contributed by atoms with Crippen molar-refractivity contribution < 1.29 is 17.6 Å². The van der Waals surface area contributed by atoms with Crippen molar-refractivity contribution in [1.82, 2.24) is 19.9 Å². The first-order valence-corrected chi connectivity index (χ1v) is 8.78. The summed E-state index contributed by atoms with van der Waals surface area (Å²) < 4.78 is 52.5. The smallest absolute Gasteiger partial charge is 0.352 e. The molecule has 152 valence electrons. The molecule has 0 atom stereocenters. The Kier molecular flexibility index (Phi) is 5.83. The Bertz CT molecular complexity index is 1010. The van der Waals surface area contributed by atoms with Gasteiger partial charge in [-0.2, -0.15) is 28.1 Å². The van der Waals surface area contributed by atoms with E-state index in [0.717, 1.165) is 12.1 Å². The van der Waals surface area contributed by atoms with Crippen molar-refractivity contribution in [2.75, 3.05) is 10.6 Å². The first-order chi connectivity index (χ1) is 13.6. The van der Waals surface area contributed by atoms with Crippen LogP contribution in [0.3, 0.4) is 0 Å². The van der Waals surface area contributed by atoms with Crippen LogP contribution >= 0.6 is 11.6 Å². The number of benzene rings is 1. The minimum atomic E-state index is -4.61. The van der Waals surface area contributed by atoms with E-state index in [-0.39, 0.29) is 40.2 Å². The van der Waals surface area contributed by atoms with E-state index in [0.29, 0.717) is 0 Å². The molecule has 0 aliphatic heterocycles. The SMILES string of the molecule is CC(C)Nc1nc(Nc2cc(F)cc(Cl)c2)nc(-c2cccc(C(F)(F)F)n2)n1. The van der Waals surface area contributed by atoms with Crippen LogP contribution in [0.15, 0.2) is 36.4 Å². The van der Waals surface area contributed by atoms with Gasteiger partial charge < -0.3 is 10.6 Å². The van der Waals surface area contributed by atoms with E-state index in [9.17, 15) is 17.6 Å². The van der Waals surface area contributed by atoms with Crippen molar-refractivity contribution in [3.8, 4) is 11.5 Å². The van der Waals surface area contributed by atoms with Crippen LogP contribution in [-0.4, -0.2) is 26.0 Å². The van der Waals surface area contributed by atoms with Gasteiger partial charge in [0, 0.05) is 16.8 Å².